The van der Waals surface area contributed by atoms with Crippen molar-refractivity contribution in [3.63, 3.8) is 0 Å². The molecule has 1 rings (SSSR count). The van der Waals surface area contributed by atoms with Crippen LogP contribution in [0.1, 0.15) is 41.0 Å². The highest BCUT2D eigenvalue weighted by Crippen LogP contribution is 2.14. The quantitative estimate of drug-likeness (QED) is 0.721. The van der Waals surface area contributed by atoms with Crippen LogP contribution >= 0.6 is 15.9 Å². The van der Waals surface area contributed by atoms with Gasteiger partial charge in [0.2, 0.25) is 5.91 Å². The van der Waals surface area contributed by atoms with Crippen molar-refractivity contribution >= 4 is 33.6 Å². The van der Waals surface area contributed by atoms with E-state index < -0.39 is 6.04 Å². The van der Waals surface area contributed by atoms with E-state index in [0.29, 0.717) is 18.0 Å². The van der Waals surface area contributed by atoms with Crippen molar-refractivity contribution in [2.45, 2.75) is 52.6 Å². The van der Waals surface area contributed by atoms with Gasteiger partial charge in [0.25, 0.3) is 0 Å². The summed E-state index contributed by atoms with van der Waals surface area (Å²) in [6.45, 7) is 9.79. The normalized spacial score (nSPS) is 12.7. The fourth-order valence-electron chi connectivity index (χ4n) is 2.02. The summed E-state index contributed by atoms with van der Waals surface area (Å²) < 4.78 is 0.936. The molecule has 0 heterocycles. The molecule has 6 heteroatoms. The van der Waals surface area contributed by atoms with Crippen LogP contribution < -0.4 is 16.0 Å². The summed E-state index contributed by atoms with van der Waals surface area (Å²) >= 11 is 3.34. The molecule has 0 aliphatic rings. The molecule has 0 aliphatic heterocycles. The minimum atomic E-state index is -0.565. The lowest BCUT2D eigenvalue weighted by Crippen LogP contribution is -2.53. The van der Waals surface area contributed by atoms with Gasteiger partial charge in [-0.15, -0.1) is 0 Å². The third kappa shape index (κ3) is 8.02. The van der Waals surface area contributed by atoms with E-state index in [1.54, 1.807) is 12.1 Å². The topological polar surface area (TPSA) is 70.2 Å². The summed E-state index contributed by atoms with van der Waals surface area (Å²) in [5.41, 5.74) is 0.334. The van der Waals surface area contributed by atoms with Crippen LogP contribution in [0, 0.1) is 5.92 Å². The zero-order chi connectivity index (χ0) is 17.6. The molecular weight excluding hydrogens is 358 g/mol. The number of amides is 3. The lowest BCUT2D eigenvalue weighted by molar-refractivity contribution is -0.124. The van der Waals surface area contributed by atoms with Crippen molar-refractivity contribution in [1.29, 1.82) is 0 Å². The van der Waals surface area contributed by atoms with Gasteiger partial charge in [0.1, 0.15) is 6.04 Å². The van der Waals surface area contributed by atoms with Crippen LogP contribution in [0.4, 0.5) is 10.5 Å². The summed E-state index contributed by atoms with van der Waals surface area (Å²) in [6, 6.07) is 6.31. The van der Waals surface area contributed by atoms with E-state index in [9.17, 15) is 9.59 Å². The van der Waals surface area contributed by atoms with E-state index >= 15 is 0 Å². The maximum absolute atomic E-state index is 12.4. The van der Waals surface area contributed by atoms with Gasteiger partial charge in [-0.1, -0.05) is 29.8 Å². The minimum Gasteiger partial charge on any atom is -0.350 e. The molecule has 0 bridgehead atoms. The van der Waals surface area contributed by atoms with Crippen LogP contribution in [-0.2, 0) is 4.79 Å². The molecule has 1 atom stereocenters. The maximum Gasteiger partial charge on any atom is 0.319 e. The standard InChI is InChI=1S/C17H26BrN3O2/c1-11(2)10-14(15(22)21-17(3,4)5)20-16(23)19-13-8-6-12(18)7-9-13/h6-9,11,14H,10H2,1-5H3,(H,21,22)(H2,19,20,23)/t14-/m0/s1. The zero-order valence-corrected chi connectivity index (χ0v) is 16.0. The summed E-state index contributed by atoms with van der Waals surface area (Å²) in [7, 11) is 0. The molecule has 0 saturated heterocycles. The first-order valence-corrected chi connectivity index (χ1v) is 8.51. The van der Waals surface area contributed by atoms with Crippen molar-refractivity contribution in [2.24, 2.45) is 5.92 Å². The summed E-state index contributed by atoms with van der Waals surface area (Å²) in [5, 5.41) is 8.41. The third-order valence-corrected chi connectivity index (χ3v) is 3.46. The number of hydrogen-bond donors (Lipinski definition) is 3. The number of urea groups is 1. The summed E-state index contributed by atoms with van der Waals surface area (Å²) in [4.78, 5) is 24.5. The van der Waals surface area contributed by atoms with Crippen LogP contribution in [0.15, 0.2) is 28.7 Å². The Bertz CT molecular complexity index is 536. The maximum atomic E-state index is 12.4. The smallest absolute Gasteiger partial charge is 0.319 e. The molecule has 0 unspecified atom stereocenters. The van der Waals surface area contributed by atoms with Gasteiger partial charge in [-0.3, -0.25) is 4.79 Å². The van der Waals surface area contributed by atoms with Gasteiger partial charge in [0.15, 0.2) is 0 Å². The highest BCUT2D eigenvalue weighted by Gasteiger charge is 2.25. The fourth-order valence-corrected chi connectivity index (χ4v) is 2.28. The van der Waals surface area contributed by atoms with E-state index in [1.807, 2.05) is 46.8 Å². The Morgan fingerprint density at radius 2 is 1.70 bits per heavy atom. The third-order valence-electron chi connectivity index (χ3n) is 2.93. The Balaban J connectivity index is 2.70. The van der Waals surface area contributed by atoms with E-state index in [2.05, 4.69) is 31.9 Å². The van der Waals surface area contributed by atoms with E-state index in [1.165, 1.54) is 0 Å². The van der Waals surface area contributed by atoms with Gasteiger partial charge in [-0.05, 0) is 57.4 Å². The van der Waals surface area contributed by atoms with Crippen molar-refractivity contribution < 1.29 is 9.59 Å². The number of halogens is 1. The molecule has 0 aromatic heterocycles. The molecule has 128 valence electrons. The van der Waals surface area contributed by atoms with Crippen molar-refractivity contribution in [3.8, 4) is 0 Å². The highest BCUT2D eigenvalue weighted by molar-refractivity contribution is 9.10. The molecule has 0 saturated carbocycles. The molecule has 1 aromatic carbocycles. The highest BCUT2D eigenvalue weighted by atomic mass is 79.9. The molecule has 23 heavy (non-hydrogen) atoms. The van der Waals surface area contributed by atoms with Gasteiger partial charge in [-0.25, -0.2) is 4.79 Å². The van der Waals surface area contributed by atoms with Crippen molar-refractivity contribution in [2.75, 3.05) is 5.32 Å². The number of carbonyl (C=O) groups is 2. The SMILES string of the molecule is CC(C)C[C@H](NC(=O)Nc1ccc(Br)cc1)C(=O)NC(C)(C)C. The van der Waals surface area contributed by atoms with Gasteiger partial charge >= 0.3 is 6.03 Å². The van der Waals surface area contributed by atoms with Crippen LogP contribution in [-0.4, -0.2) is 23.5 Å². The van der Waals surface area contributed by atoms with Crippen LogP contribution in [0.25, 0.3) is 0 Å². The number of nitrogens with one attached hydrogen (secondary N) is 3. The van der Waals surface area contributed by atoms with E-state index in [0.717, 1.165) is 4.47 Å². The Morgan fingerprint density at radius 1 is 1.13 bits per heavy atom. The Morgan fingerprint density at radius 3 is 2.17 bits per heavy atom. The van der Waals surface area contributed by atoms with Crippen LogP contribution in [0.5, 0.6) is 0 Å². The first kappa shape index (κ1) is 19.5. The van der Waals surface area contributed by atoms with Gasteiger partial charge < -0.3 is 16.0 Å². The second-order valence-electron chi connectivity index (χ2n) is 7.03. The lowest BCUT2D eigenvalue weighted by Gasteiger charge is -2.26. The Hall–Kier alpha value is -1.56. The van der Waals surface area contributed by atoms with Crippen molar-refractivity contribution in [1.82, 2.24) is 10.6 Å². The second kappa shape index (κ2) is 8.34. The number of hydrogen-bond acceptors (Lipinski definition) is 2. The minimum absolute atomic E-state index is 0.169. The molecule has 3 amide bonds. The Labute approximate surface area is 146 Å². The first-order chi connectivity index (χ1) is 10.6. The molecule has 5 nitrogen and oxygen atoms in total. The Kier molecular flexibility index (Phi) is 7.06. The summed E-state index contributed by atoms with van der Waals surface area (Å²) in [5.74, 6) is 0.121. The van der Waals surface area contributed by atoms with Gasteiger partial charge in [-0.2, -0.15) is 0 Å². The van der Waals surface area contributed by atoms with Crippen LogP contribution in [0.3, 0.4) is 0 Å². The molecule has 3 N–H and O–H groups in total. The van der Waals surface area contributed by atoms with Gasteiger partial charge in [0.05, 0.1) is 0 Å². The average molecular weight is 384 g/mol. The fraction of sp³-hybridized carbons (Fsp3) is 0.529. The van der Waals surface area contributed by atoms with E-state index in [4.69, 9.17) is 0 Å². The molecule has 0 radical (unpaired) electrons. The number of carbonyl (C=O) groups excluding carboxylic acids is 2. The molecule has 1 aromatic rings. The van der Waals surface area contributed by atoms with Crippen molar-refractivity contribution in [3.05, 3.63) is 28.7 Å². The average Bonchev–Trinajstić information content (AvgIpc) is 2.38. The monoisotopic (exact) mass is 383 g/mol. The van der Waals surface area contributed by atoms with Crippen LogP contribution in [0.2, 0.25) is 0 Å². The molecule has 0 aliphatic carbocycles. The van der Waals surface area contributed by atoms with Gasteiger partial charge in [0, 0.05) is 15.7 Å². The molecular formula is C17H26BrN3O2. The van der Waals surface area contributed by atoms with E-state index in [-0.39, 0.29) is 17.5 Å². The number of benzene rings is 1. The predicted molar refractivity (Wildman–Crippen MR) is 97.4 cm³/mol. The molecule has 0 fully saturated rings. The number of anilines is 1. The lowest BCUT2D eigenvalue weighted by atomic mass is 10.0. The zero-order valence-electron chi connectivity index (χ0n) is 14.4. The molecule has 0 spiro atoms. The summed E-state index contributed by atoms with van der Waals surface area (Å²) in [6.07, 6.45) is 0.579. The first-order valence-electron chi connectivity index (χ1n) is 7.72. The largest absolute Gasteiger partial charge is 0.350 e. The predicted octanol–water partition coefficient (Wildman–Crippen LogP) is 3.90. The number of rotatable bonds is 5. The second-order valence-corrected chi connectivity index (χ2v) is 7.94.